The van der Waals surface area contributed by atoms with Crippen LogP contribution in [0.5, 0.6) is 0 Å². The Kier molecular flexibility index (Phi) is 2.86. The van der Waals surface area contributed by atoms with E-state index in [1.165, 1.54) is 0 Å². The lowest BCUT2D eigenvalue weighted by molar-refractivity contribution is 0.925. The van der Waals surface area contributed by atoms with Crippen molar-refractivity contribution in [3.8, 4) is 22.5 Å². The monoisotopic (exact) mass is 250 g/mol. The summed E-state index contributed by atoms with van der Waals surface area (Å²) in [5, 5.41) is 6.47. The van der Waals surface area contributed by atoms with E-state index >= 15 is 0 Å². The van der Waals surface area contributed by atoms with Crippen molar-refractivity contribution in [2.45, 2.75) is 0 Å². The van der Waals surface area contributed by atoms with E-state index in [9.17, 15) is 4.79 Å². The fourth-order valence-corrected chi connectivity index (χ4v) is 1.84. The van der Waals surface area contributed by atoms with Gasteiger partial charge in [0.05, 0.1) is 0 Å². The van der Waals surface area contributed by atoms with Crippen LogP contribution in [-0.2, 0) is 0 Å². The van der Waals surface area contributed by atoms with Crippen LogP contribution >= 0.6 is 0 Å². The van der Waals surface area contributed by atoms with Crippen molar-refractivity contribution in [3.63, 3.8) is 0 Å². The highest BCUT2D eigenvalue weighted by Crippen LogP contribution is 2.25. The van der Waals surface area contributed by atoms with Crippen LogP contribution in [0.3, 0.4) is 0 Å². The molecule has 0 aliphatic heterocycles. The van der Waals surface area contributed by atoms with Gasteiger partial charge in [-0.1, -0.05) is 30.3 Å². The number of H-pyrrole nitrogens is 1. The van der Waals surface area contributed by atoms with E-state index in [0.717, 1.165) is 11.1 Å². The zero-order chi connectivity index (χ0) is 13.1. The third-order valence-electron chi connectivity index (χ3n) is 2.68. The average Bonchev–Trinajstić information content (AvgIpc) is 2.49. The number of aromatic nitrogens is 4. The number of rotatable bonds is 2. The van der Waals surface area contributed by atoms with Gasteiger partial charge in [0.25, 0.3) is 0 Å². The SMILES string of the molecule is O=c1nc(-c2cccnc2)c(-c2ccccc2)n[nH]1. The summed E-state index contributed by atoms with van der Waals surface area (Å²) in [5.41, 5.74) is 2.35. The molecule has 0 spiro atoms. The first kappa shape index (κ1) is 11.3. The molecule has 0 unspecified atom stereocenters. The highest BCUT2D eigenvalue weighted by molar-refractivity contribution is 5.76. The predicted octanol–water partition coefficient (Wildman–Crippen LogP) is 1.89. The Labute approximate surface area is 109 Å². The summed E-state index contributed by atoms with van der Waals surface area (Å²) in [7, 11) is 0. The summed E-state index contributed by atoms with van der Waals surface area (Å²) >= 11 is 0. The molecule has 2 heterocycles. The number of hydrogen-bond donors (Lipinski definition) is 1. The first-order valence-electron chi connectivity index (χ1n) is 5.77. The molecule has 5 heteroatoms. The molecule has 0 fully saturated rings. The van der Waals surface area contributed by atoms with Crippen LogP contribution in [0.2, 0.25) is 0 Å². The molecule has 1 aromatic carbocycles. The predicted molar refractivity (Wildman–Crippen MR) is 71.3 cm³/mol. The Bertz CT molecular complexity index is 738. The summed E-state index contributed by atoms with van der Waals surface area (Å²) in [6.45, 7) is 0. The fourth-order valence-electron chi connectivity index (χ4n) is 1.84. The Hall–Kier alpha value is -2.82. The van der Waals surface area contributed by atoms with Crippen molar-refractivity contribution in [3.05, 3.63) is 65.3 Å². The number of hydrogen-bond acceptors (Lipinski definition) is 4. The summed E-state index contributed by atoms with van der Waals surface area (Å²) in [4.78, 5) is 19.4. The van der Waals surface area contributed by atoms with Gasteiger partial charge in [-0.3, -0.25) is 4.98 Å². The van der Waals surface area contributed by atoms with Crippen molar-refractivity contribution >= 4 is 0 Å². The van der Waals surface area contributed by atoms with Crippen LogP contribution in [0.4, 0.5) is 0 Å². The lowest BCUT2D eigenvalue weighted by Crippen LogP contribution is -2.14. The van der Waals surface area contributed by atoms with Gasteiger partial charge in [-0.15, -0.1) is 0 Å². The lowest BCUT2D eigenvalue weighted by Gasteiger charge is -2.06. The molecule has 0 radical (unpaired) electrons. The molecule has 0 aliphatic carbocycles. The molecular weight excluding hydrogens is 240 g/mol. The Morgan fingerprint density at radius 3 is 2.42 bits per heavy atom. The minimum absolute atomic E-state index is 0.474. The van der Waals surface area contributed by atoms with Gasteiger partial charge in [0.15, 0.2) is 0 Å². The Balaban J connectivity index is 2.24. The van der Waals surface area contributed by atoms with Gasteiger partial charge < -0.3 is 0 Å². The molecule has 3 aromatic rings. The molecule has 0 aliphatic rings. The fraction of sp³-hybridized carbons (Fsp3) is 0. The van der Waals surface area contributed by atoms with Gasteiger partial charge in [0, 0.05) is 23.5 Å². The molecule has 5 nitrogen and oxygen atoms in total. The summed E-state index contributed by atoms with van der Waals surface area (Å²) in [6.07, 6.45) is 3.34. The maximum atomic E-state index is 11.4. The highest BCUT2D eigenvalue weighted by atomic mass is 16.1. The molecule has 19 heavy (non-hydrogen) atoms. The van der Waals surface area contributed by atoms with Crippen molar-refractivity contribution in [1.82, 2.24) is 20.2 Å². The first-order valence-corrected chi connectivity index (χ1v) is 5.77. The van der Waals surface area contributed by atoms with E-state index in [1.54, 1.807) is 18.5 Å². The molecule has 1 N–H and O–H groups in total. The molecule has 0 atom stereocenters. The van der Waals surface area contributed by atoms with Crippen LogP contribution in [-0.4, -0.2) is 20.2 Å². The Morgan fingerprint density at radius 1 is 0.895 bits per heavy atom. The van der Waals surface area contributed by atoms with Gasteiger partial charge in [-0.05, 0) is 12.1 Å². The number of nitrogens with one attached hydrogen (secondary N) is 1. The Morgan fingerprint density at radius 2 is 1.68 bits per heavy atom. The second-order valence-corrected chi connectivity index (χ2v) is 3.95. The average molecular weight is 250 g/mol. The smallest absolute Gasteiger partial charge is 0.264 e. The third kappa shape index (κ3) is 2.26. The van der Waals surface area contributed by atoms with Crippen molar-refractivity contribution in [1.29, 1.82) is 0 Å². The number of pyridine rings is 1. The molecule has 0 saturated carbocycles. The molecule has 92 valence electrons. The standard InChI is InChI=1S/C14H10N4O/c19-14-16-12(11-7-4-8-15-9-11)13(17-18-14)10-5-2-1-3-6-10/h1-9H,(H,16,18,19). The molecule has 3 rings (SSSR count). The van der Waals surface area contributed by atoms with E-state index in [4.69, 9.17) is 0 Å². The third-order valence-corrected chi connectivity index (χ3v) is 2.68. The second kappa shape index (κ2) is 4.81. The lowest BCUT2D eigenvalue weighted by atomic mass is 10.1. The van der Waals surface area contributed by atoms with E-state index in [0.29, 0.717) is 11.4 Å². The quantitative estimate of drug-likeness (QED) is 0.754. The van der Waals surface area contributed by atoms with E-state index < -0.39 is 5.69 Å². The van der Waals surface area contributed by atoms with Crippen LogP contribution in [0, 0.1) is 0 Å². The highest BCUT2D eigenvalue weighted by Gasteiger charge is 2.11. The van der Waals surface area contributed by atoms with Crippen molar-refractivity contribution in [2.24, 2.45) is 0 Å². The minimum atomic E-state index is -0.474. The first-order chi connectivity index (χ1) is 9.34. The molecule has 0 saturated heterocycles. The van der Waals surface area contributed by atoms with Crippen molar-refractivity contribution < 1.29 is 0 Å². The van der Waals surface area contributed by atoms with Gasteiger partial charge in [-0.2, -0.15) is 10.1 Å². The van der Waals surface area contributed by atoms with E-state index in [-0.39, 0.29) is 0 Å². The summed E-state index contributed by atoms with van der Waals surface area (Å²) in [5.74, 6) is 0. The van der Waals surface area contributed by atoms with Crippen LogP contribution in [0.1, 0.15) is 0 Å². The van der Waals surface area contributed by atoms with Crippen LogP contribution < -0.4 is 5.69 Å². The topological polar surface area (TPSA) is 71.5 Å². The van der Waals surface area contributed by atoms with E-state index in [2.05, 4.69) is 20.2 Å². The van der Waals surface area contributed by atoms with Gasteiger partial charge in [-0.25, -0.2) is 9.89 Å². The van der Waals surface area contributed by atoms with Crippen molar-refractivity contribution in [2.75, 3.05) is 0 Å². The molecular formula is C14H10N4O. The number of benzene rings is 1. The number of nitrogens with zero attached hydrogens (tertiary/aromatic N) is 3. The maximum absolute atomic E-state index is 11.4. The second-order valence-electron chi connectivity index (χ2n) is 3.95. The number of aromatic amines is 1. The maximum Gasteiger partial charge on any atom is 0.361 e. The summed E-state index contributed by atoms with van der Waals surface area (Å²) in [6, 6.07) is 13.2. The van der Waals surface area contributed by atoms with Crippen LogP contribution in [0.15, 0.2) is 59.7 Å². The minimum Gasteiger partial charge on any atom is -0.264 e. The molecule has 2 aromatic heterocycles. The van der Waals surface area contributed by atoms with Gasteiger partial charge >= 0.3 is 5.69 Å². The van der Waals surface area contributed by atoms with Gasteiger partial charge in [0.1, 0.15) is 11.4 Å². The largest absolute Gasteiger partial charge is 0.361 e. The van der Waals surface area contributed by atoms with Gasteiger partial charge in [0.2, 0.25) is 0 Å². The van der Waals surface area contributed by atoms with Crippen LogP contribution in [0.25, 0.3) is 22.5 Å². The summed E-state index contributed by atoms with van der Waals surface area (Å²) < 4.78 is 0. The zero-order valence-electron chi connectivity index (χ0n) is 9.95. The normalized spacial score (nSPS) is 10.3. The molecule has 0 amide bonds. The molecule has 0 bridgehead atoms. The zero-order valence-corrected chi connectivity index (χ0v) is 9.95. The van der Waals surface area contributed by atoms with E-state index in [1.807, 2.05) is 36.4 Å².